The first-order valence-corrected chi connectivity index (χ1v) is 8.93. The zero-order chi connectivity index (χ0) is 20.7. The fourth-order valence-electron chi connectivity index (χ4n) is 3.45. The molecule has 142 valence electrons. The smallest absolute Gasteiger partial charge is 0.197 e. The van der Waals surface area contributed by atoms with E-state index in [0.717, 1.165) is 0 Å². The number of fused-ring (bicyclic) bond motifs is 2. The fourth-order valence-corrected chi connectivity index (χ4v) is 3.45. The third-order valence-electron chi connectivity index (χ3n) is 4.90. The van der Waals surface area contributed by atoms with Crippen LogP contribution in [0.5, 0.6) is 0 Å². The van der Waals surface area contributed by atoms with Crippen LogP contribution in [-0.2, 0) is 0 Å². The third kappa shape index (κ3) is 3.00. The quantitative estimate of drug-likeness (QED) is 0.477. The molecule has 2 aliphatic rings. The average Bonchev–Trinajstić information content (AvgIpc) is 3.07. The monoisotopic (exact) mass is 384 g/mol. The molecule has 0 unspecified atom stereocenters. The van der Waals surface area contributed by atoms with E-state index in [9.17, 15) is 19.2 Å². The maximum atomic E-state index is 12.4. The molecule has 2 aliphatic carbocycles. The predicted octanol–water partition coefficient (Wildman–Crippen LogP) is 3.11. The molecule has 0 heterocycles. The fraction of sp³-hybridized carbons (Fsp3) is 0.0435. The molecule has 0 fully saturated rings. The Morgan fingerprint density at radius 1 is 0.655 bits per heavy atom. The molecule has 6 nitrogen and oxygen atoms in total. The summed E-state index contributed by atoms with van der Waals surface area (Å²) in [7, 11) is 0. The molecular weight excluding hydrogens is 368 g/mol. The number of carbonyl (C=O) groups excluding carboxylic acids is 4. The number of nitrogen functional groups attached to an aromatic ring is 2. The van der Waals surface area contributed by atoms with Crippen LogP contribution in [0.25, 0.3) is 0 Å². The average molecular weight is 384 g/mol. The highest BCUT2D eigenvalue weighted by Crippen LogP contribution is 2.29. The van der Waals surface area contributed by atoms with Gasteiger partial charge in [-0.1, -0.05) is 18.2 Å². The van der Waals surface area contributed by atoms with Crippen molar-refractivity contribution in [2.24, 2.45) is 0 Å². The van der Waals surface area contributed by atoms with Gasteiger partial charge in [0.2, 0.25) is 0 Å². The number of rotatable bonds is 3. The Labute approximate surface area is 166 Å². The van der Waals surface area contributed by atoms with Gasteiger partial charge in [0.15, 0.2) is 23.1 Å². The van der Waals surface area contributed by atoms with Gasteiger partial charge in [-0.2, -0.15) is 0 Å². The summed E-state index contributed by atoms with van der Waals surface area (Å²) in [6, 6.07) is 9.25. The standard InChI is InChI=1S/C23H16N2O4/c24-12-6-8-14-18(10-12)22(28)16(20(14)26)4-2-1-3-5-17-21(27)15-9-7-13(25)11-19(15)23(17)29/h1-2,4-11H,3,24-25H2. The third-order valence-corrected chi connectivity index (χ3v) is 4.90. The molecule has 2 aromatic carbocycles. The van der Waals surface area contributed by atoms with E-state index >= 15 is 0 Å². The van der Waals surface area contributed by atoms with Crippen molar-refractivity contribution in [3.05, 3.63) is 94.1 Å². The van der Waals surface area contributed by atoms with Gasteiger partial charge < -0.3 is 11.5 Å². The van der Waals surface area contributed by atoms with Gasteiger partial charge >= 0.3 is 0 Å². The molecule has 4 N–H and O–H groups in total. The summed E-state index contributed by atoms with van der Waals surface area (Å²) >= 11 is 0. The molecule has 0 saturated carbocycles. The first-order chi connectivity index (χ1) is 13.9. The van der Waals surface area contributed by atoms with E-state index < -0.39 is 0 Å². The van der Waals surface area contributed by atoms with Crippen molar-refractivity contribution >= 4 is 34.5 Å². The summed E-state index contributed by atoms with van der Waals surface area (Å²) in [4.78, 5) is 49.5. The Morgan fingerprint density at radius 3 is 1.72 bits per heavy atom. The Morgan fingerprint density at radius 2 is 1.14 bits per heavy atom. The summed E-state index contributed by atoms with van der Waals surface area (Å²) in [5, 5.41) is 0. The van der Waals surface area contributed by atoms with E-state index in [2.05, 4.69) is 0 Å². The molecular formula is C23H16N2O4. The first kappa shape index (κ1) is 18.3. The highest BCUT2D eigenvalue weighted by molar-refractivity contribution is 6.40. The van der Waals surface area contributed by atoms with Crippen molar-refractivity contribution in [3.8, 4) is 0 Å². The van der Waals surface area contributed by atoms with Gasteiger partial charge in [0.25, 0.3) is 0 Å². The number of hydrogen-bond acceptors (Lipinski definition) is 6. The lowest BCUT2D eigenvalue weighted by Crippen LogP contribution is -2.00. The van der Waals surface area contributed by atoms with Crippen LogP contribution < -0.4 is 11.5 Å². The number of benzene rings is 2. The van der Waals surface area contributed by atoms with Crippen molar-refractivity contribution < 1.29 is 19.2 Å². The lowest BCUT2D eigenvalue weighted by molar-refractivity contribution is 0.0973. The highest BCUT2D eigenvalue weighted by Gasteiger charge is 2.33. The molecule has 0 aromatic heterocycles. The Kier molecular flexibility index (Phi) is 4.31. The summed E-state index contributed by atoms with van der Waals surface area (Å²) in [5.74, 6) is -1.39. The van der Waals surface area contributed by atoms with Crippen molar-refractivity contribution in [3.63, 3.8) is 0 Å². The molecule has 0 bridgehead atoms. The molecule has 0 radical (unpaired) electrons. The van der Waals surface area contributed by atoms with Crippen LogP contribution in [0.2, 0.25) is 0 Å². The van der Waals surface area contributed by atoms with Gasteiger partial charge in [-0.3, -0.25) is 19.2 Å². The van der Waals surface area contributed by atoms with Crippen LogP contribution in [-0.4, -0.2) is 23.1 Å². The maximum Gasteiger partial charge on any atom is 0.197 e. The van der Waals surface area contributed by atoms with E-state index in [1.165, 1.54) is 24.3 Å². The molecule has 29 heavy (non-hydrogen) atoms. The second-order valence-electron chi connectivity index (χ2n) is 6.79. The Hall–Kier alpha value is -4.06. The summed E-state index contributed by atoms with van der Waals surface area (Å²) in [5.41, 5.74) is 13.7. The van der Waals surface area contributed by atoms with E-state index in [1.54, 1.807) is 36.4 Å². The molecule has 2 aromatic rings. The zero-order valence-corrected chi connectivity index (χ0v) is 15.3. The Bertz CT molecular complexity index is 1220. The number of anilines is 2. The first-order valence-electron chi connectivity index (χ1n) is 8.93. The van der Waals surface area contributed by atoms with Gasteiger partial charge in [-0.05, 0) is 48.9 Å². The number of hydrogen-bond donors (Lipinski definition) is 2. The molecule has 6 heteroatoms. The molecule has 0 spiro atoms. The van der Waals surface area contributed by atoms with Crippen LogP contribution >= 0.6 is 0 Å². The predicted molar refractivity (Wildman–Crippen MR) is 109 cm³/mol. The minimum absolute atomic E-state index is 0.0606. The van der Waals surface area contributed by atoms with Crippen LogP contribution in [0, 0.1) is 0 Å². The van der Waals surface area contributed by atoms with E-state index in [0.29, 0.717) is 40.0 Å². The second kappa shape index (κ2) is 6.83. The molecule has 0 saturated heterocycles. The van der Waals surface area contributed by atoms with E-state index in [1.807, 2.05) is 0 Å². The number of carbonyl (C=O) groups is 4. The molecule has 0 amide bonds. The van der Waals surface area contributed by atoms with Crippen LogP contribution in [0.15, 0.2) is 71.8 Å². The summed E-state index contributed by atoms with van der Waals surface area (Å²) < 4.78 is 0. The lowest BCUT2D eigenvalue weighted by atomic mass is 10.1. The van der Waals surface area contributed by atoms with Crippen molar-refractivity contribution in [2.45, 2.75) is 6.42 Å². The minimum Gasteiger partial charge on any atom is -0.399 e. The van der Waals surface area contributed by atoms with Crippen LogP contribution in [0.4, 0.5) is 11.4 Å². The number of Topliss-reactive ketones (excluding diaryl/α,β-unsaturated/α-hetero) is 4. The van der Waals surface area contributed by atoms with Crippen molar-refractivity contribution in [1.29, 1.82) is 0 Å². The maximum absolute atomic E-state index is 12.4. The topological polar surface area (TPSA) is 120 Å². The SMILES string of the molecule is Nc1ccc2c(c1)C(=O)C(=CC=CCC=C1C(=O)c3ccc(N)cc3C1=O)C2=O. The van der Waals surface area contributed by atoms with E-state index in [-0.39, 0.29) is 34.3 Å². The molecule has 0 aliphatic heterocycles. The van der Waals surface area contributed by atoms with Crippen molar-refractivity contribution in [2.75, 3.05) is 11.5 Å². The van der Waals surface area contributed by atoms with E-state index in [4.69, 9.17) is 11.5 Å². The molecule has 0 atom stereocenters. The zero-order valence-electron chi connectivity index (χ0n) is 15.3. The minimum atomic E-state index is -0.366. The van der Waals surface area contributed by atoms with Gasteiger partial charge in [-0.15, -0.1) is 0 Å². The van der Waals surface area contributed by atoms with Crippen LogP contribution in [0.1, 0.15) is 47.9 Å². The molecule has 4 rings (SSSR count). The van der Waals surface area contributed by atoms with Gasteiger partial charge in [0.05, 0.1) is 11.1 Å². The van der Waals surface area contributed by atoms with Gasteiger partial charge in [0, 0.05) is 33.6 Å². The number of nitrogens with two attached hydrogens (primary N) is 2. The summed E-state index contributed by atoms with van der Waals surface area (Å²) in [6.07, 6.45) is 6.49. The largest absolute Gasteiger partial charge is 0.399 e. The van der Waals surface area contributed by atoms with Gasteiger partial charge in [0.1, 0.15) is 0 Å². The van der Waals surface area contributed by atoms with Gasteiger partial charge in [-0.25, -0.2) is 0 Å². The normalized spacial score (nSPS) is 18.3. The van der Waals surface area contributed by atoms with Crippen LogP contribution in [0.3, 0.4) is 0 Å². The second-order valence-corrected chi connectivity index (χ2v) is 6.79. The Balaban J connectivity index is 1.50. The number of ketones is 4. The summed E-state index contributed by atoms with van der Waals surface area (Å²) in [6.45, 7) is 0. The van der Waals surface area contributed by atoms with Crippen molar-refractivity contribution in [1.82, 2.24) is 0 Å². The highest BCUT2D eigenvalue weighted by atomic mass is 16.2. The number of allylic oxidation sites excluding steroid dienone is 6. The lowest BCUT2D eigenvalue weighted by Gasteiger charge is -1.95.